The van der Waals surface area contributed by atoms with Crippen molar-refractivity contribution in [2.24, 2.45) is 0 Å². The molecule has 10 nitrogen and oxygen atoms in total. The quantitative estimate of drug-likeness (QED) is 0.334. The molecule has 0 aromatic heterocycles. The third-order valence-corrected chi connectivity index (χ3v) is 5.52. The lowest BCUT2D eigenvalue weighted by Gasteiger charge is -2.26. The van der Waals surface area contributed by atoms with E-state index >= 15 is 0 Å². The first-order chi connectivity index (χ1) is 16.0. The number of hydrogen-bond acceptors (Lipinski definition) is 7. The number of morpholine rings is 1. The largest absolute Gasteiger partial charge is 0.473 e. The minimum absolute atomic E-state index is 0.0175. The number of amides is 1. The van der Waals surface area contributed by atoms with Crippen LogP contribution in [0.3, 0.4) is 0 Å². The van der Waals surface area contributed by atoms with Crippen LogP contribution in [0.25, 0.3) is 0 Å². The first-order valence-electron chi connectivity index (χ1n) is 11.6. The van der Waals surface area contributed by atoms with Crippen molar-refractivity contribution in [3.63, 3.8) is 0 Å². The number of nitrogens with one attached hydrogen (secondary N) is 2. The van der Waals surface area contributed by atoms with Crippen molar-refractivity contribution in [3.8, 4) is 0 Å². The SMILES string of the molecule is O=C(CNCCCN1CCOCC1)Nc1ccc(N2CCCCCC2)cc1.O=C(O)C(=O)O. The summed E-state index contributed by atoms with van der Waals surface area (Å²) in [5.74, 6) is -3.63. The number of ether oxygens (including phenoxy) is 1. The highest BCUT2D eigenvalue weighted by molar-refractivity contribution is 6.27. The number of benzene rings is 1. The number of carbonyl (C=O) groups excluding carboxylic acids is 1. The van der Waals surface area contributed by atoms with E-state index < -0.39 is 11.9 Å². The van der Waals surface area contributed by atoms with Gasteiger partial charge in [0.15, 0.2) is 0 Å². The summed E-state index contributed by atoms with van der Waals surface area (Å²) in [6.07, 6.45) is 6.28. The molecule has 0 saturated carbocycles. The van der Waals surface area contributed by atoms with Crippen LogP contribution in [0, 0.1) is 0 Å². The summed E-state index contributed by atoms with van der Waals surface area (Å²) < 4.78 is 5.35. The molecule has 2 saturated heterocycles. The van der Waals surface area contributed by atoms with Crippen LogP contribution in [0.5, 0.6) is 0 Å². The average molecular weight is 465 g/mol. The zero-order valence-electron chi connectivity index (χ0n) is 19.1. The molecule has 0 atom stereocenters. The molecule has 10 heteroatoms. The Morgan fingerprint density at radius 3 is 2.06 bits per heavy atom. The van der Waals surface area contributed by atoms with Crippen LogP contribution in [0.15, 0.2) is 24.3 Å². The molecule has 3 rings (SSSR count). The lowest BCUT2D eigenvalue weighted by molar-refractivity contribution is -0.159. The summed E-state index contributed by atoms with van der Waals surface area (Å²) in [4.78, 5) is 35.2. The van der Waals surface area contributed by atoms with Gasteiger partial charge < -0.3 is 30.5 Å². The van der Waals surface area contributed by atoms with E-state index in [4.69, 9.17) is 24.5 Å². The highest BCUT2D eigenvalue weighted by Gasteiger charge is 2.11. The third kappa shape index (κ3) is 11.1. The van der Waals surface area contributed by atoms with Crippen molar-refractivity contribution < 1.29 is 29.3 Å². The topological polar surface area (TPSA) is 131 Å². The van der Waals surface area contributed by atoms with Gasteiger partial charge in [0.1, 0.15) is 0 Å². The van der Waals surface area contributed by atoms with Crippen molar-refractivity contribution in [3.05, 3.63) is 24.3 Å². The van der Waals surface area contributed by atoms with Gasteiger partial charge in [-0.15, -0.1) is 0 Å². The fraction of sp³-hybridized carbons (Fsp3) is 0.609. The molecule has 0 radical (unpaired) electrons. The Morgan fingerprint density at radius 2 is 1.48 bits per heavy atom. The molecule has 0 unspecified atom stereocenters. The van der Waals surface area contributed by atoms with E-state index in [1.165, 1.54) is 31.4 Å². The molecular formula is C23H36N4O6. The second-order valence-electron chi connectivity index (χ2n) is 8.09. The summed E-state index contributed by atoms with van der Waals surface area (Å²) in [6, 6.07) is 8.26. The lowest BCUT2D eigenvalue weighted by Crippen LogP contribution is -2.38. The molecule has 2 aliphatic rings. The van der Waals surface area contributed by atoms with Crippen LogP contribution in [-0.2, 0) is 19.1 Å². The molecule has 2 heterocycles. The Hall–Kier alpha value is -2.69. The highest BCUT2D eigenvalue weighted by Crippen LogP contribution is 2.21. The number of rotatable bonds is 8. The zero-order valence-corrected chi connectivity index (χ0v) is 19.1. The molecule has 2 fully saturated rings. The summed E-state index contributed by atoms with van der Waals surface area (Å²) in [7, 11) is 0. The standard InChI is InChI=1S/C21H34N4O2.C2H2O4/c26-21(18-22-10-5-11-24-14-16-27-17-15-24)23-19-6-8-20(9-7-19)25-12-3-1-2-4-13-25;3-1(4)2(5)6/h6-9,22H,1-5,10-18H2,(H,23,26);(H,3,4)(H,5,6). The van der Waals surface area contributed by atoms with E-state index in [0.717, 1.165) is 64.6 Å². The first kappa shape index (κ1) is 26.6. The van der Waals surface area contributed by atoms with E-state index in [0.29, 0.717) is 6.54 Å². The van der Waals surface area contributed by atoms with Crippen LogP contribution in [-0.4, -0.2) is 92.0 Å². The minimum atomic E-state index is -1.82. The fourth-order valence-corrected chi connectivity index (χ4v) is 3.74. The Bertz CT molecular complexity index is 717. The van der Waals surface area contributed by atoms with E-state index in [1.807, 2.05) is 12.1 Å². The predicted molar refractivity (Wildman–Crippen MR) is 126 cm³/mol. The van der Waals surface area contributed by atoms with Gasteiger partial charge in [-0.05, 0) is 56.6 Å². The summed E-state index contributed by atoms with van der Waals surface area (Å²) >= 11 is 0. The average Bonchev–Trinajstić information content (AvgIpc) is 3.10. The molecular weight excluding hydrogens is 428 g/mol. The molecule has 1 aromatic carbocycles. The van der Waals surface area contributed by atoms with Crippen LogP contribution in [0.2, 0.25) is 0 Å². The Morgan fingerprint density at radius 1 is 0.879 bits per heavy atom. The van der Waals surface area contributed by atoms with Crippen molar-refractivity contribution in [1.82, 2.24) is 10.2 Å². The third-order valence-electron chi connectivity index (χ3n) is 5.52. The van der Waals surface area contributed by atoms with Gasteiger partial charge in [0.25, 0.3) is 0 Å². The molecule has 2 aliphatic heterocycles. The molecule has 0 aliphatic carbocycles. The first-order valence-corrected chi connectivity index (χ1v) is 11.6. The van der Waals surface area contributed by atoms with E-state index in [1.54, 1.807) is 0 Å². The molecule has 4 N–H and O–H groups in total. The molecule has 0 spiro atoms. The highest BCUT2D eigenvalue weighted by atomic mass is 16.5. The maximum atomic E-state index is 12.1. The number of anilines is 2. The Kier molecular flexibility index (Phi) is 12.2. The van der Waals surface area contributed by atoms with E-state index in [-0.39, 0.29) is 5.91 Å². The van der Waals surface area contributed by atoms with Gasteiger partial charge in [0, 0.05) is 37.6 Å². The van der Waals surface area contributed by atoms with E-state index in [2.05, 4.69) is 32.6 Å². The van der Waals surface area contributed by atoms with Crippen LogP contribution >= 0.6 is 0 Å². The van der Waals surface area contributed by atoms with Gasteiger partial charge >= 0.3 is 11.9 Å². The van der Waals surface area contributed by atoms with Crippen LogP contribution in [0.4, 0.5) is 11.4 Å². The molecule has 0 bridgehead atoms. The Balaban J connectivity index is 0.000000569. The van der Waals surface area contributed by atoms with E-state index in [9.17, 15) is 4.79 Å². The maximum absolute atomic E-state index is 12.1. The van der Waals surface area contributed by atoms with Gasteiger partial charge in [0.05, 0.1) is 19.8 Å². The smallest absolute Gasteiger partial charge is 0.414 e. The fourth-order valence-electron chi connectivity index (χ4n) is 3.74. The van der Waals surface area contributed by atoms with Gasteiger partial charge in [0.2, 0.25) is 5.91 Å². The van der Waals surface area contributed by atoms with Gasteiger partial charge in [-0.3, -0.25) is 9.69 Å². The van der Waals surface area contributed by atoms with Gasteiger partial charge in [-0.2, -0.15) is 0 Å². The van der Waals surface area contributed by atoms with Gasteiger partial charge in [-0.25, -0.2) is 9.59 Å². The zero-order chi connectivity index (χ0) is 23.9. The number of aliphatic carboxylic acids is 2. The summed E-state index contributed by atoms with van der Waals surface area (Å²) in [5, 5.41) is 21.0. The molecule has 1 amide bonds. The maximum Gasteiger partial charge on any atom is 0.414 e. The number of carboxylic acids is 2. The number of hydrogen-bond donors (Lipinski definition) is 4. The minimum Gasteiger partial charge on any atom is -0.473 e. The van der Waals surface area contributed by atoms with Crippen molar-refractivity contribution in [1.29, 1.82) is 0 Å². The molecule has 184 valence electrons. The second kappa shape index (κ2) is 15.2. The number of carboxylic acid groups (broad SMARTS) is 2. The van der Waals surface area contributed by atoms with Crippen molar-refractivity contribution >= 4 is 29.2 Å². The molecule has 33 heavy (non-hydrogen) atoms. The van der Waals surface area contributed by atoms with Crippen molar-refractivity contribution in [2.75, 3.05) is 69.2 Å². The van der Waals surface area contributed by atoms with Crippen LogP contribution in [0.1, 0.15) is 32.1 Å². The Labute approximate surface area is 194 Å². The lowest BCUT2D eigenvalue weighted by atomic mass is 10.2. The normalized spacial score (nSPS) is 16.8. The van der Waals surface area contributed by atoms with Crippen molar-refractivity contribution in [2.45, 2.75) is 32.1 Å². The number of carbonyl (C=O) groups is 3. The number of nitrogens with zero attached hydrogens (tertiary/aromatic N) is 2. The van der Waals surface area contributed by atoms with Crippen LogP contribution < -0.4 is 15.5 Å². The summed E-state index contributed by atoms with van der Waals surface area (Å²) in [5.41, 5.74) is 2.13. The predicted octanol–water partition coefficient (Wildman–Crippen LogP) is 1.47. The summed E-state index contributed by atoms with van der Waals surface area (Å²) in [6.45, 7) is 8.28. The molecule has 1 aromatic rings. The monoisotopic (exact) mass is 464 g/mol. The van der Waals surface area contributed by atoms with Gasteiger partial charge in [-0.1, -0.05) is 12.8 Å². The second-order valence-corrected chi connectivity index (χ2v) is 8.09.